The maximum Gasteiger partial charge on any atom is 0.392 e. The highest BCUT2D eigenvalue weighted by atomic mass is 32.2. The second-order valence-electron chi connectivity index (χ2n) is 3.47. The Hall–Kier alpha value is -1.42. The van der Waals surface area contributed by atoms with Crippen molar-refractivity contribution in [1.82, 2.24) is 0 Å². The molecule has 0 radical (unpaired) electrons. The number of primary sulfonamides is 1. The Labute approximate surface area is 105 Å². The van der Waals surface area contributed by atoms with E-state index in [1.165, 1.54) is 0 Å². The average molecular weight is 305 g/mol. The van der Waals surface area contributed by atoms with E-state index in [-0.39, 0.29) is 0 Å². The molecule has 4 nitrogen and oxygen atoms in total. The smallest absolute Gasteiger partial charge is 0.392 e. The Morgan fingerprint density at radius 2 is 1.63 bits per heavy atom. The first-order valence-electron chi connectivity index (χ1n) is 4.72. The van der Waals surface area contributed by atoms with Crippen LogP contribution in [-0.4, -0.2) is 21.2 Å². The van der Waals surface area contributed by atoms with Gasteiger partial charge >= 0.3 is 6.18 Å². The van der Waals surface area contributed by atoms with Crippen LogP contribution in [0.2, 0.25) is 0 Å². The number of alkyl halides is 3. The van der Waals surface area contributed by atoms with Gasteiger partial charge in [0.1, 0.15) is 0 Å². The molecule has 0 aliphatic rings. The molecule has 0 bridgehead atoms. The lowest BCUT2D eigenvalue weighted by molar-refractivity contribution is -0.139. The molecule has 0 aliphatic carbocycles. The van der Waals surface area contributed by atoms with Crippen LogP contribution in [0.3, 0.4) is 0 Å². The van der Waals surface area contributed by atoms with Crippen molar-refractivity contribution in [2.45, 2.75) is 17.5 Å². The summed E-state index contributed by atoms with van der Waals surface area (Å²) in [4.78, 5) is -0.842. The summed E-state index contributed by atoms with van der Waals surface area (Å²) in [7, 11) is -4.32. The minimum absolute atomic E-state index is 0.362. The molecular formula is C9H8F5NO3S. The van der Waals surface area contributed by atoms with Gasteiger partial charge in [-0.2, -0.15) is 13.2 Å². The maximum atomic E-state index is 13.3. The molecule has 19 heavy (non-hydrogen) atoms. The molecule has 0 saturated carbocycles. The van der Waals surface area contributed by atoms with Crippen molar-refractivity contribution in [2.24, 2.45) is 5.14 Å². The number of hydrogen-bond donors (Lipinski definition) is 1. The van der Waals surface area contributed by atoms with E-state index in [1.807, 2.05) is 0 Å². The van der Waals surface area contributed by atoms with E-state index < -0.39 is 51.5 Å². The Balaban J connectivity index is 2.93. The SMILES string of the molecule is NS(=O)(=O)c1cc(F)c(OCCC(F)(F)F)c(F)c1. The molecule has 1 aromatic rings. The van der Waals surface area contributed by atoms with Crippen molar-refractivity contribution < 1.29 is 35.1 Å². The quantitative estimate of drug-likeness (QED) is 0.864. The molecule has 0 atom stereocenters. The van der Waals surface area contributed by atoms with Gasteiger partial charge in [-0.05, 0) is 12.1 Å². The molecule has 0 unspecified atom stereocenters. The van der Waals surface area contributed by atoms with Gasteiger partial charge in [-0.3, -0.25) is 0 Å². The van der Waals surface area contributed by atoms with Gasteiger partial charge in [0.05, 0.1) is 17.9 Å². The van der Waals surface area contributed by atoms with Crippen LogP contribution in [0.1, 0.15) is 6.42 Å². The Morgan fingerprint density at radius 3 is 2.00 bits per heavy atom. The molecule has 0 amide bonds. The average Bonchev–Trinajstić information content (AvgIpc) is 2.18. The van der Waals surface area contributed by atoms with Gasteiger partial charge in [-0.15, -0.1) is 0 Å². The van der Waals surface area contributed by atoms with Gasteiger partial charge < -0.3 is 4.74 Å². The molecule has 0 fully saturated rings. The molecule has 0 aliphatic heterocycles. The zero-order chi connectivity index (χ0) is 14.8. The van der Waals surface area contributed by atoms with Crippen molar-refractivity contribution in [2.75, 3.05) is 6.61 Å². The van der Waals surface area contributed by atoms with Gasteiger partial charge in [0.2, 0.25) is 10.0 Å². The van der Waals surface area contributed by atoms with Gasteiger partial charge in [-0.1, -0.05) is 0 Å². The number of benzene rings is 1. The minimum Gasteiger partial charge on any atom is -0.487 e. The Morgan fingerprint density at radius 1 is 1.16 bits per heavy atom. The summed E-state index contributed by atoms with van der Waals surface area (Å²) in [5, 5.41) is 4.65. The lowest BCUT2D eigenvalue weighted by atomic mass is 10.3. The van der Waals surface area contributed by atoms with Crippen molar-refractivity contribution in [3.05, 3.63) is 23.8 Å². The van der Waals surface area contributed by atoms with Crippen LogP contribution in [0.4, 0.5) is 22.0 Å². The van der Waals surface area contributed by atoms with E-state index in [4.69, 9.17) is 0 Å². The van der Waals surface area contributed by atoms with E-state index in [0.717, 1.165) is 0 Å². The van der Waals surface area contributed by atoms with Crippen LogP contribution >= 0.6 is 0 Å². The molecule has 108 valence electrons. The standard InChI is InChI=1S/C9H8F5NO3S/c10-6-3-5(19(15,16)17)4-7(11)8(6)18-2-1-9(12,13)14/h3-4H,1-2H2,(H2,15,16,17). The summed E-state index contributed by atoms with van der Waals surface area (Å²) in [6, 6.07) is 0.725. The largest absolute Gasteiger partial charge is 0.487 e. The van der Waals surface area contributed by atoms with E-state index >= 15 is 0 Å². The predicted octanol–water partition coefficient (Wildman–Crippen LogP) is 1.94. The van der Waals surface area contributed by atoms with Crippen molar-refractivity contribution in [3.8, 4) is 5.75 Å². The maximum absolute atomic E-state index is 13.3. The minimum atomic E-state index is -4.53. The van der Waals surface area contributed by atoms with Crippen LogP contribution in [0, 0.1) is 11.6 Å². The predicted molar refractivity (Wildman–Crippen MR) is 53.9 cm³/mol. The molecule has 0 aromatic heterocycles. The fourth-order valence-corrected chi connectivity index (χ4v) is 1.64. The topological polar surface area (TPSA) is 69.4 Å². The van der Waals surface area contributed by atoms with E-state index in [2.05, 4.69) is 9.88 Å². The van der Waals surface area contributed by atoms with Crippen LogP contribution in [0.15, 0.2) is 17.0 Å². The highest BCUT2D eigenvalue weighted by Crippen LogP contribution is 2.26. The summed E-state index contributed by atoms with van der Waals surface area (Å²) in [6.07, 6.45) is -5.93. The summed E-state index contributed by atoms with van der Waals surface area (Å²) in [6.45, 7) is -0.994. The number of hydrogen-bond acceptors (Lipinski definition) is 3. The van der Waals surface area contributed by atoms with Crippen molar-refractivity contribution >= 4 is 10.0 Å². The summed E-state index contributed by atoms with van der Waals surface area (Å²) in [5.41, 5.74) is 0. The molecule has 0 heterocycles. The number of rotatable bonds is 4. The van der Waals surface area contributed by atoms with Crippen molar-refractivity contribution in [1.29, 1.82) is 0 Å². The number of ether oxygens (including phenoxy) is 1. The zero-order valence-corrected chi connectivity index (χ0v) is 9.99. The summed E-state index contributed by atoms with van der Waals surface area (Å²) in [5.74, 6) is -3.99. The third kappa shape index (κ3) is 4.63. The first-order chi connectivity index (χ1) is 8.50. The first kappa shape index (κ1) is 15.6. The summed E-state index contributed by atoms with van der Waals surface area (Å²) >= 11 is 0. The molecule has 0 saturated heterocycles. The normalized spacial score (nSPS) is 12.5. The van der Waals surface area contributed by atoms with E-state index in [9.17, 15) is 30.4 Å². The molecule has 0 spiro atoms. The summed E-state index contributed by atoms with van der Waals surface area (Å²) < 4.78 is 88.0. The monoisotopic (exact) mass is 305 g/mol. The van der Waals surface area contributed by atoms with Crippen LogP contribution in [0.5, 0.6) is 5.75 Å². The van der Waals surface area contributed by atoms with E-state index in [1.54, 1.807) is 0 Å². The molecule has 1 rings (SSSR count). The lowest BCUT2D eigenvalue weighted by Crippen LogP contribution is -2.15. The van der Waals surface area contributed by atoms with E-state index in [0.29, 0.717) is 12.1 Å². The number of halogens is 5. The molecule has 10 heteroatoms. The lowest BCUT2D eigenvalue weighted by Gasteiger charge is -2.10. The third-order valence-corrected chi connectivity index (χ3v) is 2.83. The van der Waals surface area contributed by atoms with Gasteiger partial charge in [0.15, 0.2) is 17.4 Å². The third-order valence-electron chi connectivity index (χ3n) is 1.93. The molecule has 1 aromatic carbocycles. The number of sulfonamides is 1. The Bertz CT molecular complexity index is 547. The number of nitrogens with two attached hydrogens (primary N) is 1. The van der Waals surface area contributed by atoms with Gasteiger partial charge in [0, 0.05) is 0 Å². The van der Waals surface area contributed by atoms with Crippen LogP contribution in [0.25, 0.3) is 0 Å². The fraction of sp³-hybridized carbons (Fsp3) is 0.333. The first-order valence-corrected chi connectivity index (χ1v) is 6.27. The molecule has 2 N–H and O–H groups in total. The second kappa shape index (κ2) is 5.29. The van der Waals surface area contributed by atoms with Crippen LogP contribution in [-0.2, 0) is 10.0 Å². The Kier molecular flexibility index (Phi) is 4.35. The second-order valence-corrected chi connectivity index (χ2v) is 5.04. The highest BCUT2D eigenvalue weighted by molar-refractivity contribution is 7.89. The molecular weight excluding hydrogens is 297 g/mol. The fourth-order valence-electron chi connectivity index (χ4n) is 1.11. The van der Waals surface area contributed by atoms with Gasteiger partial charge in [0.25, 0.3) is 0 Å². The van der Waals surface area contributed by atoms with Crippen molar-refractivity contribution in [3.63, 3.8) is 0 Å². The highest BCUT2D eigenvalue weighted by Gasteiger charge is 2.27. The zero-order valence-electron chi connectivity index (χ0n) is 9.17. The van der Waals surface area contributed by atoms with Gasteiger partial charge in [-0.25, -0.2) is 22.3 Å². The van der Waals surface area contributed by atoms with Crippen LogP contribution < -0.4 is 9.88 Å².